The molecule has 1 rings (SSSR count). The Kier molecular flexibility index (Phi) is 6.62. The Morgan fingerprint density at radius 3 is 2.89 bits per heavy atom. The van der Waals surface area contributed by atoms with E-state index in [1.54, 1.807) is 7.11 Å². The van der Waals surface area contributed by atoms with Gasteiger partial charge in [-0.05, 0) is 24.6 Å². The summed E-state index contributed by atoms with van der Waals surface area (Å²) in [6.45, 7) is 3.18. The van der Waals surface area contributed by atoms with Crippen LogP contribution in [0.25, 0.3) is 0 Å². The van der Waals surface area contributed by atoms with E-state index < -0.39 is 0 Å². The standard InChI is InChI=1S/C13H21ClN4O/c1-10(11-5-4-6-12(14)9-11)18(2)13(17-15)16-7-8-19-3/h4-6,9-10H,7-8,15H2,1-3H3,(H,16,17). The summed E-state index contributed by atoms with van der Waals surface area (Å²) in [5, 5.41) is 0.719. The number of nitrogens with one attached hydrogen (secondary N) is 1. The lowest BCUT2D eigenvalue weighted by Crippen LogP contribution is -2.44. The van der Waals surface area contributed by atoms with Crippen molar-refractivity contribution < 1.29 is 4.74 Å². The fraction of sp³-hybridized carbons (Fsp3) is 0.462. The first-order valence-corrected chi connectivity index (χ1v) is 6.46. The number of hydrazine groups is 1. The van der Waals surface area contributed by atoms with E-state index in [1.807, 2.05) is 36.2 Å². The second kappa shape index (κ2) is 7.99. The minimum absolute atomic E-state index is 0.107. The highest BCUT2D eigenvalue weighted by molar-refractivity contribution is 6.30. The van der Waals surface area contributed by atoms with Crippen molar-refractivity contribution in [2.45, 2.75) is 13.0 Å². The maximum atomic E-state index is 6.00. The van der Waals surface area contributed by atoms with Crippen LogP contribution in [0, 0.1) is 0 Å². The number of hydrogen-bond acceptors (Lipinski definition) is 3. The second-order valence-electron chi connectivity index (χ2n) is 4.18. The van der Waals surface area contributed by atoms with Crippen molar-refractivity contribution in [1.29, 1.82) is 0 Å². The fourth-order valence-electron chi connectivity index (χ4n) is 1.68. The van der Waals surface area contributed by atoms with Crippen LogP contribution in [0.1, 0.15) is 18.5 Å². The summed E-state index contributed by atoms with van der Waals surface area (Å²) >= 11 is 6.00. The second-order valence-corrected chi connectivity index (χ2v) is 4.62. The van der Waals surface area contributed by atoms with Crippen LogP contribution in [0.15, 0.2) is 29.3 Å². The summed E-state index contributed by atoms with van der Waals surface area (Å²) < 4.78 is 4.97. The Balaban J connectivity index is 2.79. The average molecular weight is 285 g/mol. The zero-order valence-electron chi connectivity index (χ0n) is 11.6. The van der Waals surface area contributed by atoms with Crippen molar-refractivity contribution in [3.63, 3.8) is 0 Å². The predicted octanol–water partition coefficient (Wildman–Crippen LogP) is 1.80. The van der Waals surface area contributed by atoms with E-state index in [-0.39, 0.29) is 6.04 Å². The highest BCUT2D eigenvalue weighted by atomic mass is 35.5. The average Bonchev–Trinajstić information content (AvgIpc) is 2.42. The van der Waals surface area contributed by atoms with Gasteiger partial charge < -0.3 is 9.64 Å². The predicted molar refractivity (Wildman–Crippen MR) is 79.1 cm³/mol. The minimum Gasteiger partial charge on any atom is -0.383 e. The molecule has 0 heterocycles. The Labute approximate surface area is 119 Å². The van der Waals surface area contributed by atoms with Crippen LogP contribution >= 0.6 is 11.6 Å². The van der Waals surface area contributed by atoms with E-state index in [0.29, 0.717) is 19.1 Å². The van der Waals surface area contributed by atoms with Gasteiger partial charge in [0.1, 0.15) is 0 Å². The number of hydrogen-bond donors (Lipinski definition) is 2. The topological polar surface area (TPSA) is 62.9 Å². The van der Waals surface area contributed by atoms with Gasteiger partial charge in [0, 0.05) is 19.2 Å². The van der Waals surface area contributed by atoms with Gasteiger partial charge in [0.2, 0.25) is 5.96 Å². The number of rotatable bonds is 5. The largest absolute Gasteiger partial charge is 0.383 e. The summed E-state index contributed by atoms with van der Waals surface area (Å²) in [6.07, 6.45) is 0. The Bertz CT molecular complexity index is 425. The normalized spacial score (nSPS) is 13.2. The van der Waals surface area contributed by atoms with Crippen LogP contribution in [0.4, 0.5) is 0 Å². The third-order valence-electron chi connectivity index (χ3n) is 2.93. The molecule has 3 N–H and O–H groups in total. The maximum absolute atomic E-state index is 6.00. The highest BCUT2D eigenvalue weighted by Crippen LogP contribution is 2.21. The van der Waals surface area contributed by atoms with Gasteiger partial charge in [-0.2, -0.15) is 0 Å². The Morgan fingerprint density at radius 1 is 1.58 bits per heavy atom. The molecule has 0 bridgehead atoms. The van der Waals surface area contributed by atoms with Gasteiger partial charge in [-0.1, -0.05) is 23.7 Å². The molecular weight excluding hydrogens is 264 g/mol. The van der Waals surface area contributed by atoms with Crippen molar-refractivity contribution in [3.05, 3.63) is 34.9 Å². The molecule has 1 atom stereocenters. The van der Waals surface area contributed by atoms with Crippen LogP contribution in [0.2, 0.25) is 5.02 Å². The van der Waals surface area contributed by atoms with E-state index in [2.05, 4.69) is 17.3 Å². The van der Waals surface area contributed by atoms with Gasteiger partial charge in [-0.3, -0.25) is 5.43 Å². The van der Waals surface area contributed by atoms with Crippen LogP contribution in [-0.2, 0) is 4.74 Å². The number of halogens is 1. The molecule has 0 aliphatic rings. The molecule has 0 saturated carbocycles. The molecule has 106 valence electrons. The summed E-state index contributed by atoms with van der Waals surface area (Å²) in [5.41, 5.74) is 3.71. The van der Waals surface area contributed by atoms with Gasteiger partial charge in [-0.25, -0.2) is 10.8 Å². The van der Waals surface area contributed by atoms with Gasteiger partial charge in [0.05, 0.1) is 19.2 Å². The number of benzene rings is 1. The molecule has 0 spiro atoms. The minimum atomic E-state index is 0.107. The monoisotopic (exact) mass is 284 g/mol. The van der Waals surface area contributed by atoms with E-state index in [9.17, 15) is 0 Å². The van der Waals surface area contributed by atoms with Crippen molar-refractivity contribution >= 4 is 17.6 Å². The molecule has 6 heteroatoms. The molecule has 0 radical (unpaired) electrons. The lowest BCUT2D eigenvalue weighted by atomic mass is 10.1. The molecule has 0 aromatic heterocycles. The molecule has 1 unspecified atom stereocenters. The van der Waals surface area contributed by atoms with Crippen LogP contribution in [0.3, 0.4) is 0 Å². The molecule has 19 heavy (non-hydrogen) atoms. The van der Waals surface area contributed by atoms with Gasteiger partial charge in [-0.15, -0.1) is 0 Å². The summed E-state index contributed by atoms with van der Waals surface area (Å²) in [4.78, 5) is 6.31. The summed E-state index contributed by atoms with van der Waals surface area (Å²) in [5.74, 6) is 6.13. The zero-order valence-corrected chi connectivity index (χ0v) is 12.3. The maximum Gasteiger partial charge on any atom is 0.208 e. The number of methoxy groups -OCH3 is 1. The number of guanidine groups is 1. The number of nitrogens with two attached hydrogens (primary N) is 1. The third-order valence-corrected chi connectivity index (χ3v) is 3.17. The molecule has 0 aliphatic carbocycles. The highest BCUT2D eigenvalue weighted by Gasteiger charge is 2.15. The van der Waals surface area contributed by atoms with Crippen molar-refractivity contribution in [2.24, 2.45) is 10.8 Å². The van der Waals surface area contributed by atoms with Crippen molar-refractivity contribution in [1.82, 2.24) is 10.3 Å². The van der Waals surface area contributed by atoms with E-state index >= 15 is 0 Å². The summed E-state index contributed by atoms with van der Waals surface area (Å²) in [6, 6.07) is 7.85. The molecule has 0 aliphatic heterocycles. The van der Waals surface area contributed by atoms with E-state index in [4.69, 9.17) is 22.2 Å². The SMILES string of the molecule is COCCN=C(NN)N(C)C(C)c1cccc(Cl)c1. The number of nitrogens with zero attached hydrogens (tertiary/aromatic N) is 2. The van der Waals surface area contributed by atoms with Gasteiger partial charge in [0.25, 0.3) is 0 Å². The molecule has 1 aromatic rings. The van der Waals surface area contributed by atoms with Crippen LogP contribution < -0.4 is 11.3 Å². The first kappa shape index (κ1) is 15.8. The van der Waals surface area contributed by atoms with Gasteiger partial charge in [0.15, 0.2) is 0 Å². The van der Waals surface area contributed by atoms with Gasteiger partial charge >= 0.3 is 0 Å². The summed E-state index contributed by atoms with van der Waals surface area (Å²) in [7, 11) is 3.57. The first-order valence-electron chi connectivity index (χ1n) is 6.08. The smallest absolute Gasteiger partial charge is 0.208 e. The molecule has 0 saturated heterocycles. The molecular formula is C13H21ClN4O. The van der Waals surface area contributed by atoms with E-state index in [0.717, 1.165) is 10.6 Å². The number of aliphatic imine (C=N–C) groups is 1. The lowest BCUT2D eigenvalue weighted by Gasteiger charge is -2.28. The quantitative estimate of drug-likeness (QED) is 0.285. The van der Waals surface area contributed by atoms with Crippen molar-refractivity contribution in [3.8, 4) is 0 Å². The first-order chi connectivity index (χ1) is 9.10. The molecule has 1 aromatic carbocycles. The van der Waals surface area contributed by atoms with Crippen LogP contribution in [0.5, 0.6) is 0 Å². The lowest BCUT2D eigenvalue weighted by molar-refractivity contribution is 0.207. The third kappa shape index (κ3) is 4.70. The van der Waals surface area contributed by atoms with Crippen molar-refractivity contribution in [2.75, 3.05) is 27.3 Å². The molecule has 5 nitrogen and oxygen atoms in total. The molecule has 0 amide bonds. The van der Waals surface area contributed by atoms with Crippen LogP contribution in [-0.4, -0.2) is 38.2 Å². The number of ether oxygens (including phenoxy) is 1. The fourth-order valence-corrected chi connectivity index (χ4v) is 1.87. The Morgan fingerprint density at radius 2 is 2.32 bits per heavy atom. The van der Waals surface area contributed by atoms with E-state index in [1.165, 1.54) is 0 Å². The zero-order chi connectivity index (χ0) is 14.3. The Hall–Kier alpha value is -1.30. The molecule has 0 fully saturated rings.